The van der Waals surface area contributed by atoms with Crippen LogP contribution < -0.4 is 10.6 Å². The van der Waals surface area contributed by atoms with Gasteiger partial charge in [0.2, 0.25) is 5.91 Å². The summed E-state index contributed by atoms with van der Waals surface area (Å²) in [6, 6.07) is 4.09. The topological polar surface area (TPSA) is 67.2 Å². The van der Waals surface area contributed by atoms with Crippen LogP contribution in [0.1, 0.15) is 24.8 Å². The second kappa shape index (κ2) is 9.42. The standard InChI is InChI=1S/C16H21N3O2S.2ClH/c1-10-8-17-6-5-13(10)19-15(20)7-12-9-22-16(18-12)14-4-3-11(2)21-14;;/h3-4,9-10,13,17H,5-8H2,1-2H3,(H,19,20);2*1H. The zero-order valence-corrected chi connectivity index (χ0v) is 16.2. The molecule has 2 N–H and O–H groups in total. The Morgan fingerprint density at radius 1 is 1.46 bits per heavy atom. The molecule has 5 nitrogen and oxygen atoms in total. The lowest BCUT2D eigenvalue weighted by Gasteiger charge is -2.30. The third-order valence-corrected chi connectivity index (χ3v) is 4.88. The molecule has 0 saturated carbocycles. The summed E-state index contributed by atoms with van der Waals surface area (Å²) in [5.74, 6) is 2.14. The summed E-state index contributed by atoms with van der Waals surface area (Å²) in [4.78, 5) is 16.7. The van der Waals surface area contributed by atoms with Crippen LogP contribution in [0.2, 0.25) is 0 Å². The van der Waals surface area contributed by atoms with Crippen molar-refractivity contribution in [1.82, 2.24) is 15.6 Å². The first-order chi connectivity index (χ1) is 10.6. The molecule has 2 aromatic rings. The van der Waals surface area contributed by atoms with Gasteiger partial charge in [-0.3, -0.25) is 4.79 Å². The van der Waals surface area contributed by atoms with Gasteiger partial charge in [0.05, 0.1) is 12.1 Å². The van der Waals surface area contributed by atoms with Gasteiger partial charge in [-0.15, -0.1) is 36.2 Å². The summed E-state index contributed by atoms with van der Waals surface area (Å²) in [6.07, 6.45) is 1.31. The van der Waals surface area contributed by atoms with E-state index in [2.05, 4.69) is 22.5 Å². The second-order valence-electron chi connectivity index (χ2n) is 5.88. The van der Waals surface area contributed by atoms with Crippen LogP contribution >= 0.6 is 36.2 Å². The number of aryl methyl sites for hydroxylation is 1. The van der Waals surface area contributed by atoms with Gasteiger partial charge < -0.3 is 15.1 Å². The summed E-state index contributed by atoms with van der Waals surface area (Å²) in [7, 11) is 0. The van der Waals surface area contributed by atoms with Crippen LogP contribution in [0.5, 0.6) is 0 Å². The fourth-order valence-electron chi connectivity index (χ4n) is 2.70. The van der Waals surface area contributed by atoms with Gasteiger partial charge in [-0.2, -0.15) is 0 Å². The molecular weight excluding hydrogens is 369 g/mol. The SMILES string of the molecule is Cc1ccc(-c2nc(CC(=O)NC3CCNCC3C)cs2)o1.Cl.Cl. The number of thiazole rings is 1. The predicted molar refractivity (Wildman–Crippen MR) is 101 cm³/mol. The minimum absolute atomic E-state index is 0. The number of rotatable bonds is 4. The first-order valence-electron chi connectivity index (χ1n) is 7.63. The van der Waals surface area contributed by atoms with E-state index in [0.717, 1.165) is 41.7 Å². The first-order valence-corrected chi connectivity index (χ1v) is 8.51. The van der Waals surface area contributed by atoms with Crippen LogP contribution in [-0.4, -0.2) is 30.0 Å². The molecule has 0 spiro atoms. The number of furan rings is 1. The van der Waals surface area contributed by atoms with Crippen LogP contribution in [0.4, 0.5) is 0 Å². The number of nitrogens with zero attached hydrogens (tertiary/aromatic N) is 1. The van der Waals surface area contributed by atoms with E-state index in [1.807, 2.05) is 24.4 Å². The molecule has 2 aromatic heterocycles. The number of aromatic nitrogens is 1. The van der Waals surface area contributed by atoms with Gasteiger partial charge in [-0.1, -0.05) is 6.92 Å². The maximum absolute atomic E-state index is 12.2. The molecule has 1 saturated heterocycles. The van der Waals surface area contributed by atoms with Gasteiger partial charge in [0, 0.05) is 11.4 Å². The van der Waals surface area contributed by atoms with Crippen molar-refractivity contribution in [2.24, 2.45) is 5.92 Å². The zero-order chi connectivity index (χ0) is 15.5. The van der Waals surface area contributed by atoms with E-state index in [0.29, 0.717) is 12.3 Å². The lowest BCUT2D eigenvalue weighted by molar-refractivity contribution is -0.121. The van der Waals surface area contributed by atoms with Gasteiger partial charge >= 0.3 is 0 Å². The normalized spacial score (nSPS) is 19.9. The Morgan fingerprint density at radius 2 is 2.25 bits per heavy atom. The third-order valence-electron chi connectivity index (χ3n) is 3.98. The van der Waals surface area contributed by atoms with Crippen LogP contribution in [0.3, 0.4) is 0 Å². The largest absolute Gasteiger partial charge is 0.459 e. The van der Waals surface area contributed by atoms with Gasteiger partial charge in [-0.05, 0) is 44.5 Å². The fourth-order valence-corrected chi connectivity index (χ4v) is 3.48. The van der Waals surface area contributed by atoms with Crippen molar-refractivity contribution in [2.75, 3.05) is 13.1 Å². The molecule has 24 heavy (non-hydrogen) atoms. The fraction of sp³-hybridized carbons (Fsp3) is 0.500. The van der Waals surface area contributed by atoms with E-state index < -0.39 is 0 Å². The Balaban J connectivity index is 0.00000144. The molecule has 1 fully saturated rings. The van der Waals surface area contributed by atoms with Gasteiger partial charge in [-0.25, -0.2) is 4.98 Å². The molecular formula is C16H23Cl2N3O2S. The number of carbonyl (C=O) groups is 1. The number of nitrogens with one attached hydrogen (secondary N) is 2. The first kappa shape index (κ1) is 21.0. The van der Waals surface area contributed by atoms with Crippen molar-refractivity contribution in [2.45, 2.75) is 32.7 Å². The molecule has 0 bridgehead atoms. The summed E-state index contributed by atoms with van der Waals surface area (Å²) >= 11 is 1.51. The lowest BCUT2D eigenvalue weighted by Crippen LogP contribution is -2.48. The summed E-state index contributed by atoms with van der Waals surface area (Å²) in [5, 5.41) is 9.23. The number of carbonyl (C=O) groups excluding carboxylic acids is 1. The molecule has 1 aliphatic rings. The molecule has 1 amide bonds. The molecule has 3 heterocycles. The second-order valence-corrected chi connectivity index (χ2v) is 6.73. The highest BCUT2D eigenvalue weighted by Crippen LogP contribution is 2.25. The number of piperidine rings is 1. The minimum Gasteiger partial charge on any atom is -0.459 e. The van der Waals surface area contributed by atoms with Gasteiger partial charge in [0.15, 0.2) is 10.8 Å². The number of hydrogen-bond donors (Lipinski definition) is 2. The highest BCUT2D eigenvalue weighted by atomic mass is 35.5. The van der Waals surface area contributed by atoms with E-state index >= 15 is 0 Å². The van der Waals surface area contributed by atoms with Gasteiger partial charge in [0.1, 0.15) is 5.76 Å². The maximum atomic E-state index is 12.2. The Labute approximate surface area is 158 Å². The Hall–Kier alpha value is -1.08. The molecule has 2 atom stereocenters. The van der Waals surface area contributed by atoms with E-state index in [-0.39, 0.29) is 36.8 Å². The average Bonchev–Trinajstić information content (AvgIpc) is 3.10. The Kier molecular flexibility index (Phi) is 8.22. The van der Waals surface area contributed by atoms with E-state index in [4.69, 9.17) is 4.42 Å². The van der Waals surface area contributed by atoms with E-state index in [1.54, 1.807) is 0 Å². The molecule has 0 radical (unpaired) electrons. The van der Waals surface area contributed by atoms with Gasteiger partial charge in [0.25, 0.3) is 0 Å². The summed E-state index contributed by atoms with van der Waals surface area (Å²) < 4.78 is 5.56. The lowest BCUT2D eigenvalue weighted by atomic mass is 9.95. The molecule has 134 valence electrons. The quantitative estimate of drug-likeness (QED) is 0.839. The monoisotopic (exact) mass is 391 g/mol. The van der Waals surface area contributed by atoms with E-state index in [9.17, 15) is 4.79 Å². The van der Waals surface area contributed by atoms with Crippen molar-refractivity contribution in [3.05, 3.63) is 29.0 Å². The van der Waals surface area contributed by atoms with Crippen molar-refractivity contribution in [3.63, 3.8) is 0 Å². The van der Waals surface area contributed by atoms with Crippen molar-refractivity contribution >= 4 is 42.1 Å². The number of halogens is 2. The highest BCUT2D eigenvalue weighted by molar-refractivity contribution is 7.13. The van der Waals surface area contributed by atoms with Crippen molar-refractivity contribution in [3.8, 4) is 10.8 Å². The zero-order valence-electron chi connectivity index (χ0n) is 13.7. The molecule has 3 rings (SSSR count). The summed E-state index contributed by atoms with van der Waals surface area (Å²) in [6.45, 7) is 6.00. The molecule has 2 unspecified atom stereocenters. The van der Waals surface area contributed by atoms with Crippen molar-refractivity contribution < 1.29 is 9.21 Å². The van der Waals surface area contributed by atoms with Crippen LogP contribution in [0, 0.1) is 12.8 Å². The van der Waals surface area contributed by atoms with E-state index in [1.165, 1.54) is 11.3 Å². The van der Waals surface area contributed by atoms with Crippen LogP contribution in [-0.2, 0) is 11.2 Å². The average molecular weight is 392 g/mol. The highest BCUT2D eigenvalue weighted by Gasteiger charge is 2.23. The molecule has 0 aliphatic carbocycles. The van der Waals surface area contributed by atoms with Crippen LogP contribution in [0.25, 0.3) is 10.8 Å². The molecule has 8 heteroatoms. The number of hydrogen-bond acceptors (Lipinski definition) is 5. The summed E-state index contributed by atoms with van der Waals surface area (Å²) in [5.41, 5.74) is 0.799. The molecule has 1 aliphatic heterocycles. The predicted octanol–water partition coefficient (Wildman–Crippen LogP) is 3.21. The number of amides is 1. The third kappa shape index (κ3) is 5.21. The van der Waals surface area contributed by atoms with Crippen molar-refractivity contribution in [1.29, 1.82) is 0 Å². The van der Waals surface area contributed by atoms with Crippen LogP contribution in [0.15, 0.2) is 21.9 Å². The Morgan fingerprint density at radius 3 is 2.92 bits per heavy atom. The smallest absolute Gasteiger partial charge is 0.226 e. The minimum atomic E-state index is 0. The molecule has 0 aromatic carbocycles. The maximum Gasteiger partial charge on any atom is 0.226 e. The Bertz CT molecular complexity index is 659.